The molecule has 0 spiro atoms. The largest absolute Gasteiger partial charge is 0.386 e. The van der Waals surface area contributed by atoms with E-state index >= 15 is 0 Å². The van der Waals surface area contributed by atoms with E-state index in [4.69, 9.17) is 5.73 Å². The smallest absolute Gasteiger partial charge is 0.250 e. The van der Waals surface area contributed by atoms with Crippen LogP contribution in [0.1, 0.15) is 26.2 Å². The minimum absolute atomic E-state index is 0.113. The molecule has 0 aliphatic carbocycles. The summed E-state index contributed by atoms with van der Waals surface area (Å²) in [4.78, 5) is 24.4. The molecule has 2 amide bonds. The lowest BCUT2D eigenvalue weighted by molar-refractivity contribution is -0.137. The van der Waals surface area contributed by atoms with Crippen LogP contribution in [0, 0.1) is 0 Å². The van der Waals surface area contributed by atoms with E-state index in [2.05, 4.69) is 11.9 Å². The molecule has 0 saturated carbocycles. The molecule has 0 radical (unpaired) electrons. The van der Waals surface area contributed by atoms with Crippen LogP contribution in [0.15, 0.2) is 12.4 Å². The van der Waals surface area contributed by atoms with Crippen LogP contribution in [0.4, 0.5) is 0 Å². The Bertz CT molecular complexity index is 288. The van der Waals surface area contributed by atoms with Crippen molar-refractivity contribution >= 4 is 11.8 Å². The molecule has 0 aromatic rings. The summed E-state index contributed by atoms with van der Waals surface area (Å²) in [7, 11) is 0. The second kappa shape index (κ2) is 4.82. The van der Waals surface area contributed by atoms with E-state index in [9.17, 15) is 9.59 Å². The third kappa shape index (κ3) is 2.71. The van der Waals surface area contributed by atoms with Gasteiger partial charge in [-0.2, -0.15) is 0 Å². The third-order valence-corrected chi connectivity index (χ3v) is 2.44. The summed E-state index contributed by atoms with van der Waals surface area (Å²) in [5, 5.41) is 2.68. The first-order chi connectivity index (χ1) is 7.06. The van der Waals surface area contributed by atoms with E-state index < -0.39 is 6.04 Å². The summed E-state index contributed by atoms with van der Waals surface area (Å²) in [6.45, 7) is 5.88. The number of hydrogen-bond donors (Lipinski definition) is 2. The Balaban J connectivity index is 2.62. The van der Waals surface area contributed by atoms with Crippen LogP contribution in [-0.4, -0.2) is 29.3 Å². The Hall–Kier alpha value is -1.52. The van der Waals surface area contributed by atoms with Gasteiger partial charge in [0, 0.05) is 13.0 Å². The van der Waals surface area contributed by atoms with E-state index in [0.717, 1.165) is 6.42 Å². The van der Waals surface area contributed by atoms with Gasteiger partial charge in [0.25, 0.3) is 5.91 Å². The van der Waals surface area contributed by atoms with Crippen molar-refractivity contribution in [1.29, 1.82) is 0 Å². The van der Waals surface area contributed by atoms with E-state index in [-0.39, 0.29) is 17.6 Å². The first kappa shape index (κ1) is 11.6. The highest BCUT2D eigenvalue weighted by atomic mass is 16.2. The van der Waals surface area contributed by atoms with Crippen LogP contribution in [0.25, 0.3) is 0 Å². The second-order valence-corrected chi connectivity index (χ2v) is 3.60. The highest BCUT2D eigenvalue weighted by Gasteiger charge is 2.30. The molecular formula is C10H17N3O2. The quantitative estimate of drug-likeness (QED) is 0.686. The van der Waals surface area contributed by atoms with Gasteiger partial charge in [-0.1, -0.05) is 13.5 Å². The Morgan fingerprint density at radius 1 is 1.73 bits per heavy atom. The zero-order valence-corrected chi connectivity index (χ0v) is 8.95. The van der Waals surface area contributed by atoms with Crippen molar-refractivity contribution in [2.24, 2.45) is 5.73 Å². The number of likely N-dealkylation sites (tertiary alicyclic amines) is 1. The van der Waals surface area contributed by atoms with Crippen molar-refractivity contribution < 1.29 is 9.59 Å². The molecule has 84 valence electrons. The van der Waals surface area contributed by atoms with Gasteiger partial charge in [0.05, 0.1) is 5.82 Å². The van der Waals surface area contributed by atoms with Crippen molar-refractivity contribution in [3.63, 3.8) is 0 Å². The number of rotatable bonds is 3. The fourth-order valence-corrected chi connectivity index (χ4v) is 1.59. The molecule has 1 aliphatic rings. The highest BCUT2D eigenvalue weighted by molar-refractivity contribution is 5.88. The first-order valence-electron chi connectivity index (χ1n) is 5.11. The fourth-order valence-electron chi connectivity index (χ4n) is 1.59. The lowest BCUT2D eigenvalue weighted by Crippen LogP contribution is -2.52. The summed E-state index contributed by atoms with van der Waals surface area (Å²) in [5.41, 5.74) is 5.48. The molecule has 1 saturated heterocycles. The molecule has 5 heteroatoms. The summed E-state index contributed by atoms with van der Waals surface area (Å²) >= 11 is 0. The monoisotopic (exact) mass is 211 g/mol. The normalized spacial score (nSPS) is 21.3. The summed E-state index contributed by atoms with van der Waals surface area (Å²) < 4.78 is 0. The van der Waals surface area contributed by atoms with E-state index in [0.29, 0.717) is 19.4 Å². The van der Waals surface area contributed by atoms with Gasteiger partial charge in [0.15, 0.2) is 0 Å². The van der Waals surface area contributed by atoms with Gasteiger partial charge >= 0.3 is 0 Å². The summed E-state index contributed by atoms with van der Waals surface area (Å²) in [5.74, 6) is -0.0242. The number of nitrogens with zero attached hydrogens (tertiary/aromatic N) is 1. The van der Waals surface area contributed by atoms with Crippen LogP contribution in [-0.2, 0) is 9.59 Å². The predicted molar refractivity (Wildman–Crippen MR) is 56.5 cm³/mol. The lowest BCUT2D eigenvalue weighted by Gasteiger charge is -2.32. The third-order valence-electron chi connectivity index (χ3n) is 2.44. The van der Waals surface area contributed by atoms with Crippen LogP contribution < -0.4 is 11.1 Å². The lowest BCUT2D eigenvalue weighted by atomic mass is 10.0. The van der Waals surface area contributed by atoms with Gasteiger partial charge in [0.2, 0.25) is 5.91 Å². The number of nitrogens with one attached hydrogen (secondary N) is 1. The Labute approximate surface area is 89.3 Å². The van der Waals surface area contributed by atoms with Gasteiger partial charge in [0.1, 0.15) is 6.04 Å². The van der Waals surface area contributed by atoms with Crippen LogP contribution in [0.3, 0.4) is 0 Å². The summed E-state index contributed by atoms with van der Waals surface area (Å²) in [6.07, 6.45) is 1.89. The zero-order chi connectivity index (χ0) is 11.4. The van der Waals surface area contributed by atoms with E-state index in [1.54, 1.807) is 6.92 Å². The minimum atomic E-state index is -0.438. The van der Waals surface area contributed by atoms with Gasteiger partial charge in [-0.15, -0.1) is 0 Å². The Kier molecular flexibility index (Phi) is 3.71. The van der Waals surface area contributed by atoms with Gasteiger partial charge in [-0.25, -0.2) is 0 Å². The predicted octanol–water partition coefficient (Wildman–Crippen LogP) is -0.0665. The number of carbonyl (C=O) groups is 2. The molecule has 0 aromatic carbocycles. The van der Waals surface area contributed by atoms with Crippen molar-refractivity contribution in [2.75, 3.05) is 6.54 Å². The van der Waals surface area contributed by atoms with Crippen LogP contribution in [0.2, 0.25) is 0 Å². The van der Waals surface area contributed by atoms with Crippen LogP contribution >= 0.6 is 0 Å². The Morgan fingerprint density at radius 2 is 2.40 bits per heavy atom. The number of nitrogens with two attached hydrogens (primary N) is 1. The van der Waals surface area contributed by atoms with E-state index in [1.165, 1.54) is 4.90 Å². The number of hydrogen-bond acceptors (Lipinski definition) is 3. The zero-order valence-electron chi connectivity index (χ0n) is 8.95. The van der Waals surface area contributed by atoms with Gasteiger partial charge in [-0.05, 0) is 12.8 Å². The molecule has 1 heterocycles. The maximum absolute atomic E-state index is 11.8. The molecular weight excluding hydrogens is 194 g/mol. The fraction of sp³-hybridized carbons (Fsp3) is 0.600. The van der Waals surface area contributed by atoms with Crippen molar-refractivity contribution in [3.05, 3.63) is 12.4 Å². The summed E-state index contributed by atoms with van der Waals surface area (Å²) in [6, 6.07) is -0.438. The van der Waals surface area contributed by atoms with Gasteiger partial charge < -0.3 is 11.1 Å². The molecule has 3 N–H and O–H groups in total. The second-order valence-electron chi connectivity index (χ2n) is 3.60. The SMILES string of the molecule is C=C(N)N1CCCC(NC(=O)CC)C1=O. The van der Waals surface area contributed by atoms with Crippen LogP contribution in [0.5, 0.6) is 0 Å². The van der Waals surface area contributed by atoms with Crippen molar-refractivity contribution in [3.8, 4) is 0 Å². The van der Waals surface area contributed by atoms with Gasteiger partial charge in [-0.3, -0.25) is 14.5 Å². The first-order valence-corrected chi connectivity index (χ1v) is 5.11. The topological polar surface area (TPSA) is 75.4 Å². The highest BCUT2D eigenvalue weighted by Crippen LogP contribution is 2.13. The maximum Gasteiger partial charge on any atom is 0.250 e. The van der Waals surface area contributed by atoms with E-state index in [1.807, 2.05) is 0 Å². The number of piperidine rings is 1. The molecule has 15 heavy (non-hydrogen) atoms. The van der Waals surface area contributed by atoms with Crippen molar-refractivity contribution in [1.82, 2.24) is 10.2 Å². The maximum atomic E-state index is 11.8. The molecule has 1 fully saturated rings. The molecule has 0 aromatic heterocycles. The molecule has 1 atom stereocenters. The Morgan fingerprint density at radius 3 is 2.93 bits per heavy atom. The average Bonchev–Trinajstić information content (AvgIpc) is 2.20. The number of amides is 2. The van der Waals surface area contributed by atoms with Crippen molar-refractivity contribution in [2.45, 2.75) is 32.2 Å². The minimum Gasteiger partial charge on any atom is -0.386 e. The molecule has 0 bridgehead atoms. The molecule has 5 nitrogen and oxygen atoms in total. The molecule has 1 rings (SSSR count). The number of carbonyl (C=O) groups excluding carboxylic acids is 2. The average molecular weight is 211 g/mol. The molecule has 1 unspecified atom stereocenters. The standard InChI is InChI=1S/C10H17N3O2/c1-3-9(14)12-8-5-4-6-13(7(2)11)10(8)15/h8H,2-6,11H2,1H3,(H,12,14). The molecule has 1 aliphatic heterocycles.